The van der Waals surface area contributed by atoms with Crippen LogP contribution in [0, 0.1) is 0 Å². The second-order valence-corrected chi connectivity index (χ2v) is 6.40. The molecule has 2 aromatic rings. The van der Waals surface area contributed by atoms with E-state index in [-0.39, 0.29) is 11.3 Å². The van der Waals surface area contributed by atoms with Crippen LogP contribution in [0.15, 0.2) is 30.3 Å². The number of rotatable bonds is 3. The second-order valence-electron chi connectivity index (χ2n) is 5.69. The van der Waals surface area contributed by atoms with E-state index in [1.807, 2.05) is 32.0 Å². The molecule has 0 bridgehead atoms. The summed E-state index contributed by atoms with van der Waals surface area (Å²) in [4.78, 5) is 8.95. The zero-order valence-corrected chi connectivity index (χ0v) is 13.6. The van der Waals surface area contributed by atoms with Gasteiger partial charge in [0, 0.05) is 11.0 Å². The Balaban J connectivity index is 2.54. The maximum absolute atomic E-state index is 6.29. The molecular formula is C16H18Cl2N2. The van der Waals surface area contributed by atoms with Crippen LogP contribution in [0.3, 0.4) is 0 Å². The molecule has 0 aliphatic carbocycles. The monoisotopic (exact) mass is 308 g/mol. The summed E-state index contributed by atoms with van der Waals surface area (Å²) in [5.41, 5.74) is 1.59. The normalized spacial score (nSPS) is 11.9. The van der Waals surface area contributed by atoms with E-state index in [2.05, 4.69) is 35.9 Å². The molecule has 0 radical (unpaired) electrons. The smallest absolute Gasteiger partial charge is 0.141 e. The molecule has 106 valence electrons. The predicted octanol–water partition coefficient (Wildman–Crippen LogP) is 5.23. The summed E-state index contributed by atoms with van der Waals surface area (Å²) in [5.74, 6) is 0.840. The zero-order chi connectivity index (χ0) is 14.9. The summed E-state index contributed by atoms with van der Waals surface area (Å²) in [5, 5.41) is 0.887. The molecule has 0 spiro atoms. The van der Waals surface area contributed by atoms with Crippen LogP contribution in [0.2, 0.25) is 10.3 Å². The molecule has 20 heavy (non-hydrogen) atoms. The molecular weight excluding hydrogens is 291 g/mol. The van der Waals surface area contributed by atoms with Gasteiger partial charge in [-0.25, -0.2) is 9.97 Å². The Hall–Kier alpha value is -1.12. The van der Waals surface area contributed by atoms with Gasteiger partial charge in [0.15, 0.2) is 0 Å². The molecule has 1 aromatic heterocycles. The van der Waals surface area contributed by atoms with Gasteiger partial charge in [-0.05, 0) is 25.3 Å². The Morgan fingerprint density at radius 1 is 0.950 bits per heavy atom. The van der Waals surface area contributed by atoms with Crippen LogP contribution >= 0.6 is 23.2 Å². The van der Waals surface area contributed by atoms with Crippen molar-refractivity contribution in [2.24, 2.45) is 0 Å². The van der Waals surface area contributed by atoms with E-state index in [0.717, 1.165) is 11.1 Å². The van der Waals surface area contributed by atoms with Crippen molar-refractivity contribution in [2.75, 3.05) is 0 Å². The average Bonchev–Trinajstić information content (AvgIpc) is 2.38. The van der Waals surface area contributed by atoms with Crippen molar-refractivity contribution in [1.82, 2.24) is 9.97 Å². The van der Waals surface area contributed by atoms with E-state index in [4.69, 9.17) is 23.2 Å². The molecule has 0 aliphatic rings. The van der Waals surface area contributed by atoms with Crippen LogP contribution in [-0.2, 0) is 5.41 Å². The van der Waals surface area contributed by atoms with Crippen LogP contribution in [0.1, 0.15) is 50.6 Å². The van der Waals surface area contributed by atoms with Crippen molar-refractivity contribution in [3.63, 3.8) is 0 Å². The van der Waals surface area contributed by atoms with Crippen molar-refractivity contribution >= 4 is 23.2 Å². The third-order valence-electron chi connectivity index (χ3n) is 3.48. The van der Waals surface area contributed by atoms with Gasteiger partial charge in [0.25, 0.3) is 0 Å². The molecule has 4 heteroatoms. The fourth-order valence-electron chi connectivity index (χ4n) is 2.16. The molecule has 0 saturated heterocycles. The molecule has 2 rings (SSSR count). The number of halogens is 2. The highest BCUT2D eigenvalue weighted by Crippen LogP contribution is 2.34. The summed E-state index contributed by atoms with van der Waals surface area (Å²) in [7, 11) is 0. The fourth-order valence-corrected chi connectivity index (χ4v) is 2.98. The van der Waals surface area contributed by atoms with E-state index in [1.54, 1.807) is 0 Å². The Morgan fingerprint density at radius 3 is 1.90 bits per heavy atom. The minimum atomic E-state index is -0.343. The number of aromatic nitrogens is 2. The first-order valence-corrected chi connectivity index (χ1v) is 7.38. The highest BCUT2D eigenvalue weighted by atomic mass is 35.5. The van der Waals surface area contributed by atoms with E-state index < -0.39 is 0 Å². The van der Waals surface area contributed by atoms with Gasteiger partial charge in [-0.3, -0.25) is 0 Å². The Morgan fingerprint density at radius 2 is 1.45 bits per heavy atom. The fraction of sp³-hybridized carbons (Fsp3) is 0.375. The van der Waals surface area contributed by atoms with Gasteiger partial charge < -0.3 is 0 Å². The van der Waals surface area contributed by atoms with E-state index >= 15 is 0 Å². The van der Waals surface area contributed by atoms with E-state index in [1.165, 1.54) is 0 Å². The van der Waals surface area contributed by atoms with Crippen LogP contribution in [0.5, 0.6) is 0 Å². The Kier molecular flexibility index (Phi) is 4.36. The lowest BCUT2D eigenvalue weighted by Crippen LogP contribution is -2.23. The highest BCUT2D eigenvalue weighted by molar-refractivity contribution is 6.34. The molecule has 0 fully saturated rings. The molecule has 0 aliphatic heterocycles. The largest absolute Gasteiger partial charge is 0.220 e. The molecule has 0 amide bonds. The maximum atomic E-state index is 6.29. The van der Waals surface area contributed by atoms with Crippen molar-refractivity contribution in [3.05, 3.63) is 57.6 Å². The predicted molar refractivity (Wildman–Crippen MR) is 84.7 cm³/mol. The van der Waals surface area contributed by atoms with E-state index in [0.29, 0.717) is 16.1 Å². The lowest BCUT2D eigenvalue weighted by molar-refractivity contribution is 0.587. The van der Waals surface area contributed by atoms with Gasteiger partial charge in [0.1, 0.15) is 16.1 Å². The van der Waals surface area contributed by atoms with Crippen molar-refractivity contribution < 1.29 is 0 Å². The van der Waals surface area contributed by atoms with Gasteiger partial charge in [0.2, 0.25) is 0 Å². The summed E-state index contributed by atoms with van der Waals surface area (Å²) in [6.07, 6.45) is 0. The van der Waals surface area contributed by atoms with Gasteiger partial charge in [0.05, 0.1) is 0 Å². The quantitative estimate of drug-likeness (QED) is 0.725. The lowest BCUT2D eigenvalue weighted by atomic mass is 9.83. The minimum absolute atomic E-state index is 0.198. The Bertz CT molecular complexity index is 584. The van der Waals surface area contributed by atoms with Crippen LogP contribution in [-0.4, -0.2) is 9.97 Å². The van der Waals surface area contributed by atoms with Crippen LogP contribution in [0.4, 0.5) is 0 Å². The first-order chi connectivity index (χ1) is 9.34. The number of benzene rings is 1. The third-order valence-corrected chi connectivity index (χ3v) is 4.06. The Labute approximate surface area is 130 Å². The zero-order valence-electron chi connectivity index (χ0n) is 12.1. The van der Waals surface area contributed by atoms with Gasteiger partial charge in [-0.1, -0.05) is 67.4 Å². The van der Waals surface area contributed by atoms with Crippen LogP contribution < -0.4 is 0 Å². The minimum Gasteiger partial charge on any atom is -0.220 e. The first kappa shape index (κ1) is 15.3. The number of hydrogen-bond donors (Lipinski definition) is 0. The van der Waals surface area contributed by atoms with Crippen molar-refractivity contribution in [2.45, 2.75) is 39.0 Å². The van der Waals surface area contributed by atoms with Gasteiger partial charge in [-0.15, -0.1) is 0 Å². The molecule has 2 nitrogen and oxygen atoms in total. The summed E-state index contributed by atoms with van der Waals surface area (Å²) < 4.78 is 0. The lowest BCUT2D eigenvalue weighted by Gasteiger charge is -2.25. The first-order valence-electron chi connectivity index (χ1n) is 6.63. The second kappa shape index (κ2) is 5.71. The molecule has 0 saturated carbocycles. The highest BCUT2D eigenvalue weighted by Gasteiger charge is 2.28. The molecule has 0 atom stereocenters. The molecule has 1 heterocycles. The molecule has 0 unspecified atom stereocenters. The summed E-state index contributed by atoms with van der Waals surface area (Å²) in [6, 6.07) is 10.1. The maximum Gasteiger partial charge on any atom is 0.141 e. The summed E-state index contributed by atoms with van der Waals surface area (Å²) >= 11 is 12.6. The summed E-state index contributed by atoms with van der Waals surface area (Å²) in [6.45, 7) is 8.19. The SMILES string of the molecule is CC(C)c1c(Cl)nc(C(C)(C)c2ccccc2)nc1Cl. The van der Waals surface area contributed by atoms with Crippen LogP contribution in [0.25, 0.3) is 0 Å². The third kappa shape index (κ3) is 2.82. The van der Waals surface area contributed by atoms with E-state index in [9.17, 15) is 0 Å². The van der Waals surface area contributed by atoms with Gasteiger partial charge >= 0.3 is 0 Å². The molecule has 0 N–H and O–H groups in total. The molecule has 1 aromatic carbocycles. The average molecular weight is 309 g/mol. The topological polar surface area (TPSA) is 25.8 Å². The number of hydrogen-bond acceptors (Lipinski definition) is 2. The van der Waals surface area contributed by atoms with Gasteiger partial charge in [-0.2, -0.15) is 0 Å². The number of nitrogens with zero attached hydrogens (tertiary/aromatic N) is 2. The standard InChI is InChI=1S/C16H18Cl2N2/c1-10(2)12-13(17)19-15(20-14(12)18)16(3,4)11-8-6-5-7-9-11/h5-10H,1-4H3. The van der Waals surface area contributed by atoms with Crippen molar-refractivity contribution in [3.8, 4) is 0 Å². The van der Waals surface area contributed by atoms with Crippen molar-refractivity contribution in [1.29, 1.82) is 0 Å².